The molecule has 9 heteroatoms. The van der Waals surface area contributed by atoms with E-state index in [4.69, 9.17) is 23.2 Å². The van der Waals surface area contributed by atoms with Crippen LogP contribution in [0.15, 0.2) is 35.5 Å². The van der Waals surface area contributed by atoms with Gasteiger partial charge in [0.15, 0.2) is 0 Å². The second-order valence-electron chi connectivity index (χ2n) is 5.52. The average Bonchev–Trinajstić information content (AvgIpc) is 3.10. The van der Waals surface area contributed by atoms with Crippen LogP contribution in [-0.4, -0.2) is 32.8 Å². The molecule has 138 valence electrons. The van der Waals surface area contributed by atoms with Crippen molar-refractivity contribution < 1.29 is 14.3 Å². The highest BCUT2D eigenvalue weighted by Crippen LogP contribution is 2.18. The van der Waals surface area contributed by atoms with Gasteiger partial charge in [0.05, 0.1) is 23.7 Å². The second-order valence-corrected chi connectivity index (χ2v) is 6.33. The number of carbonyl (C=O) groups is 2. The minimum atomic E-state index is -0.541. The standard InChI is InChI=1S/C9H10ClNO3.C8H7ClN2O/c1-6(12)5-11-4-3-7(10)8(11)9(13)14-2;1-5-4-11-3-2-6(9)7(11)8(12)10-5/h3-4H,5H2,1-2H3;2-4H,1H3,(H,10,12). The second kappa shape index (κ2) is 8.25. The molecule has 3 aromatic rings. The molecule has 0 bridgehead atoms. The Kier molecular flexibility index (Phi) is 6.28. The molecule has 0 saturated heterocycles. The molecule has 3 aromatic heterocycles. The largest absolute Gasteiger partial charge is 0.464 e. The van der Waals surface area contributed by atoms with Gasteiger partial charge in [-0.15, -0.1) is 0 Å². The number of fused-ring (bicyclic) bond motifs is 1. The fourth-order valence-corrected chi connectivity index (χ4v) is 2.85. The summed E-state index contributed by atoms with van der Waals surface area (Å²) in [6, 6.07) is 3.25. The number of methoxy groups -OCH3 is 1. The lowest BCUT2D eigenvalue weighted by molar-refractivity contribution is -0.117. The molecule has 0 aromatic carbocycles. The summed E-state index contributed by atoms with van der Waals surface area (Å²) in [7, 11) is 1.27. The van der Waals surface area contributed by atoms with E-state index >= 15 is 0 Å². The van der Waals surface area contributed by atoms with Crippen LogP contribution in [0.3, 0.4) is 0 Å². The number of H-pyrrole nitrogens is 1. The molecule has 1 N–H and O–H groups in total. The van der Waals surface area contributed by atoms with Crippen LogP contribution in [0.25, 0.3) is 5.52 Å². The maximum Gasteiger partial charge on any atom is 0.356 e. The first-order chi connectivity index (χ1) is 12.2. The molecule has 3 heterocycles. The molecular formula is C17H17Cl2N3O4. The Labute approximate surface area is 159 Å². The van der Waals surface area contributed by atoms with Crippen LogP contribution >= 0.6 is 23.2 Å². The van der Waals surface area contributed by atoms with Crippen molar-refractivity contribution in [2.45, 2.75) is 20.4 Å². The lowest BCUT2D eigenvalue weighted by Gasteiger charge is -2.05. The van der Waals surface area contributed by atoms with Crippen LogP contribution in [0.1, 0.15) is 23.1 Å². The fraction of sp³-hybridized carbons (Fsp3) is 0.235. The number of nitrogens with zero attached hydrogens (tertiary/aromatic N) is 2. The summed E-state index contributed by atoms with van der Waals surface area (Å²) in [6.07, 6.45) is 5.17. The van der Waals surface area contributed by atoms with Gasteiger partial charge in [-0.25, -0.2) is 4.79 Å². The number of carbonyl (C=O) groups excluding carboxylic acids is 2. The van der Waals surface area contributed by atoms with Crippen LogP contribution in [0.4, 0.5) is 0 Å². The number of Topliss-reactive ketones (excluding diaryl/α,β-unsaturated/α-hetero) is 1. The van der Waals surface area contributed by atoms with E-state index in [1.165, 1.54) is 18.6 Å². The number of nitrogens with one attached hydrogen (secondary N) is 1. The molecule has 0 spiro atoms. The van der Waals surface area contributed by atoms with Crippen molar-refractivity contribution in [2.75, 3.05) is 7.11 Å². The van der Waals surface area contributed by atoms with Gasteiger partial charge in [0.25, 0.3) is 5.56 Å². The van der Waals surface area contributed by atoms with Crippen molar-refractivity contribution in [2.24, 2.45) is 0 Å². The SMILES string of the molecule is COC(=O)c1c(Cl)ccn1CC(C)=O.Cc1cn2ccc(Cl)c2c(=O)[nH]1. The molecule has 7 nitrogen and oxygen atoms in total. The van der Waals surface area contributed by atoms with E-state index in [1.54, 1.807) is 28.9 Å². The molecule has 0 amide bonds. The number of aromatic nitrogens is 3. The van der Waals surface area contributed by atoms with Gasteiger partial charge in [0, 0.05) is 24.3 Å². The number of rotatable bonds is 3. The number of halogens is 2. The van der Waals surface area contributed by atoms with Crippen LogP contribution in [0, 0.1) is 6.92 Å². The van der Waals surface area contributed by atoms with E-state index < -0.39 is 5.97 Å². The Morgan fingerprint density at radius 3 is 2.46 bits per heavy atom. The highest BCUT2D eigenvalue weighted by Gasteiger charge is 2.16. The van der Waals surface area contributed by atoms with Crippen molar-refractivity contribution in [1.29, 1.82) is 0 Å². The monoisotopic (exact) mass is 397 g/mol. The number of hydrogen-bond donors (Lipinski definition) is 1. The fourth-order valence-electron chi connectivity index (χ4n) is 2.36. The maximum absolute atomic E-state index is 11.3. The van der Waals surface area contributed by atoms with Gasteiger partial charge in [0.2, 0.25) is 0 Å². The van der Waals surface area contributed by atoms with Gasteiger partial charge in [-0.1, -0.05) is 23.2 Å². The first-order valence-corrected chi connectivity index (χ1v) is 8.28. The predicted molar refractivity (Wildman–Crippen MR) is 99.2 cm³/mol. The summed E-state index contributed by atoms with van der Waals surface area (Å²) in [4.78, 5) is 36.1. The summed E-state index contributed by atoms with van der Waals surface area (Å²) < 4.78 is 7.73. The molecule has 0 aliphatic heterocycles. The first kappa shape index (κ1) is 19.8. The Morgan fingerprint density at radius 2 is 1.85 bits per heavy atom. The van der Waals surface area contributed by atoms with E-state index in [1.807, 2.05) is 13.1 Å². The van der Waals surface area contributed by atoms with E-state index in [0.29, 0.717) is 10.5 Å². The minimum absolute atomic E-state index is 0.0533. The lowest BCUT2D eigenvalue weighted by Crippen LogP contribution is -2.14. The molecule has 0 atom stereocenters. The summed E-state index contributed by atoms with van der Waals surface area (Å²) in [5.41, 5.74) is 1.39. The quantitative estimate of drug-likeness (QED) is 0.687. The van der Waals surface area contributed by atoms with Crippen molar-refractivity contribution in [1.82, 2.24) is 14.0 Å². The zero-order valence-corrected chi connectivity index (χ0v) is 15.9. The van der Waals surface area contributed by atoms with E-state index in [0.717, 1.165) is 5.69 Å². The number of esters is 1. The van der Waals surface area contributed by atoms with Crippen LogP contribution in [0.5, 0.6) is 0 Å². The lowest BCUT2D eigenvalue weighted by atomic mass is 10.4. The molecule has 0 saturated carbocycles. The summed E-state index contributed by atoms with van der Waals surface area (Å²) in [5, 5.41) is 0.773. The van der Waals surface area contributed by atoms with Crippen molar-refractivity contribution >= 4 is 40.5 Å². The number of ketones is 1. The van der Waals surface area contributed by atoms with Crippen molar-refractivity contribution in [3.8, 4) is 0 Å². The van der Waals surface area contributed by atoms with Gasteiger partial charge in [-0.3, -0.25) is 9.59 Å². The van der Waals surface area contributed by atoms with Gasteiger partial charge in [-0.05, 0) is 26.0 Å². The Bertz CT molecular complexity index is 1020. The molecule has 3 rings (SSSR count). The minimum Gasteiger partial charge on any atom is -0.464 e. The van der Waals surface area contributed by atoms with Crippen molar-refractivity contribution in [3.05, 3.63) is 62.5 Å². The number of hydrogen-bond acceptors (Lipinski definition) is 4. The Morgan fingerprint density at radius 1 is 1.19 bits per heavy atom. The normalized spacial score (nSPS) is 10.3. The summed E-state index contributed by atoms with van der Waals surface area (Å²) in [5.74, 6) is -0.594. The number of aryl methyl sites for hydroxylation is 1. The number of aromatic amines is 1. The highest BCUT2D eigenvalue weighted by molar-refractivity contribution is 6.34. The first-order valence-electron chi connectivity index (χ1n) is 7.53. The molecular weight excluding hydrogens is 381 g/mol. The molecule has 26 heavy (non-hydrogen) atoms. The molecule has 0 aliphatic rings. The number of ether oxygens (including phenoxy) is 1. The maximum atomic E-state index is 11.3. The summed E-state index contributed by atoms with van der Waals surface area (Å²) >= 11 is 11.6. The smallest absolute Gasteiger partial charge is 0.356 e. The molecule has 0 unspecified atom stereocenters. The third-order valence-corrected chi connectivity index (χ3v) is 4.02. The topological polar surface area (TPSA) is 85.6 Å². The van der Waals surface area contributed by atoms with E-state index in [2.05, 4.69) is 9.72 Å². The third kappa shape index (κ3) is 4.36. The molecule has 0 fully saturated rings. The molecule has 0 aliphatic carbocycles. The van der Waals surface area contributed by atoms with E-state index in [-0.39, 0.29) is 28.6 Å². The Hall–Kier alpha value is -2.51. The third-order valence-electron chi connectivity index (χ3n) is 3.41. The zero-order valence-electron chi connectivity index (χ0n) is 14.4. The molecule has 0 radical (unpaired) electrons. The van der Waals surface area contributed by atoms with Gasteiger partial charge < -0.3 is 18.7 Å². The zero-order chi connectivity index (χ0) is 19.4. The average molecular weight is 398 g/mol. The highest BCUT2D eigenvalue weighted by atomic mass is 35.5. The Balaban J connectivity index is 0.000000189. The van der Waals surface area contributed by atoms with Crippen molar-refractivity contribution in [3.63, 3.8) is 0 Å². The predicted octanol–water partition coefficient (Wildman–Crippen LogP) is 3.11. The van der Waals surface area contributed by atoms with Crippen LogP contribution in [-0.2, 0) is 16.1 Å². The van der Waals surface area contributed by atoms with E-state index in [9.17, 15) is 14.4 Å². The van der Waals surface area contributed by atoms with Gasteiger partial charge in [-0.2, -0.15) is 0 Å². The van der Waals surface area contributed by atoms with Crippen LogP contribution < -0.4 is 5.56 Å². The van der Waals surface area contributed by atoms with Gasteiger partial charge >= 0.3 is 5.97 Å². The van der Waals surface area contributed by atoms with Gasteiger partial charge in [0.1, 0.15) is 17.0 Å². The summed E-state index contributed by atoms with van der Waals surface area (Å²) in [6.45, 7) is 3.39. The van der Waals surface area contributed by atoms with Crippen LogP contribution in [0.2, 0.25) is 10.0 Å².